The van der Waals surface area contributed by atoms with Crippen LogP contribution >= 0.6 is 11.8 Å². The number of likely N-dealkylation sites (tertiary alicyclic amines) is 1. The molecule has 5 heterocycles. The Kier molecular flexibility index (Phi) is 5.50. The van der Waals surface area contributed by atoms with E-state index in [2.05, 4.69) is 4.90 Å². The number of rotatable bonds is 3. The summed E-state index contributed by atoms with van der Waals surface area (Å²) in [5.41, 5.74) is 0.904. The standard InChI is InChI=1S/C27H24F2N4O4S/c28-20-6-5-17-19(23(20)29)13-38-22-4-2-1-3-18(22)24(17)33-14-31(15-9-30(10-15)16-11-37-12-16)27(36)25-26(35)21(34)7-8-32(25)33/h1-8,15-16,24,35H,9-14H2/t24-/m0/s1. The maximum atomic E-state index is 15.2. The third-order valence-electron chi connectivity index (χ3n) is 7.97. The van der Waals surface area contributed by atoms with Crippen LogP contribution in [0.2, 0.25) is 0 Å². The van der Waals surface area contributed by atoms with Crippen LogP contribution in [-0.4, -0.2) is 70.5 Å². The number of nitrogens with zero attached hydrogens (tertiary/aromatic N) is 4. The number of hydrogen-bond acceptors (Lipinski definition) is 7. The van der Waals surface area contributed by atoms with Crippen LogP contribution in [0, 0.1) is 11.6 Å². The molecule has 11 heteroatoms. The van der Waals surface area contributed by atoms with E-state index in [-0.39, 0.29) is 29.7 Å². The van der Waals surface area contributed by atoms with Crippen LogP contribution in [0.3, 0.4) is 0 Å². The molecule has 2 aromatic carbocycles. The molecule has 0 spiro atoms. The Morgan fingerprint density at radius 3 is 2.53 bits per heavy atom. The van der Waals surface area contributed by atoms with Gasteiger partial charge in [0.15, 0.2) is 23.1 Å². The van der Waals surface area contributed by atoms with Crippen LogP contribution in [0.1, 0.15) is 33.2 Å². The van der Waals surface area contributed by atoms with Crippen molar-refractivity contribution in [3.63, 3.8) is 0 Å². The highest BCUT2D eigenvalue weighted by atomic mass is 32.2. The first-order valence-corrected chi connectivity index (χ1v) is 13.4. The number of amides is 1. The topological polar surface area (TPSA) is 78.2 Å². The largest absolute Gasteiger partial charge is 0.502 e. The van der Waals surface area contributed by atoms with Crippen molar-refractivity contribution in [3.8, 4) is 5.75 Å². The zero-order valence-electron chi connectivity index (χ0n) is 20.2. The predicted octanol–water partition coefficient (Wildman–Crippen LogP) is 2.66. The Morgan fingerprint density at radius 1 is 0.974 bits per heavy atom. The number of aromatic nitrogens is 1. The summed E-state index contributed by atoms with van der Waals surface area (Å²) in [7, 11) is 0. The second-order valence-electron chi connectivity index (χ2n) is 10.0. The first-order valence-electron chi connectivity index (χ1n) is 12.4. The maximum Gasteiger partial charge on any atom is 0.278 e. The van der Waals surface area contributed by atoms with Crippen molar-refractivity contribution < 1.29 is 23.4 Å². The minimum absolute atomic E-state index is 0.131. The van der Waals surface area contributed by atoms with Gasteiger partial charge in [0, 0.05) is 41.6 Å². The van der Waals surface area contributed by atoms with Crippen LogP contribution in [0.15, 0.2) is 58.4 Å². The summed E-state index contributed by atoms with van der Waals surface area (Å²) in [5.74, 6) is -2.63. The second-order valence-corrected chi connectivity index (χ2v) is 11.1. The highest BCUT2D eigenvalue weighted by Crippen LogP contribution is 2.44. The van der Waals surface area contributed by atoms with E-state index in [1.165, 1.54) is 28.7 Å². The van der Waals surface area contributed by atoms with Gasteiger partial charge in [0.2, 0.25) is 5.43 Å². The van der Waals surface area contributed by atoms with Gasteiger partial charge in [-0.3, -0.25) is 24.2 Å². The fourth-order valence-electron chi connectivity index (χ4n) is 5.75. The third-order valence-corrected chi connectivity index (χ3v) is 9.09. The van der Waals surface area contributed by atoms with Gasteiger partial charge in [-0.15, -0.1) is 11.8 Å². The van der Waals surface area contributed by atoms with Crippen molar-refractivity contribution in [1.29, 1.82) is 0 Å². The van der Waals surface area contributed by atoms with E-state index in [0.717, 1.165) is 16.5 Å². The highest BCUT2D eigenvalue weighted by molar-refractivity contribution is 7.98. The molecule has 0 radical (unpaired) electrons. The lowest BCUT2D eigenvalue weighted by Crippen LogP contribution is -2.70. The molecule has 0 unspecified atom stereocenters. The van der Waals surface area contributed by atoms with E-state index >= 15 is 4.39 Å². The number of fused-ring (bicyclic) bond motifs is 3. The lowest BCUT2D eigenvalue weighted by atomic mass is 9.93. The average Bonchev–Trinajstić information content (AvgIpc) is 3.02. The Morgan fingerprint density at radius 2 is 1.76 bits per heavy atom. The van der Waals surface area contributed by atoms with E-state index in [1.54, 1.807) is 11.0 Å². The van der Waals surface area contributed by atoms with Gasteiger partial charge in [-0.1, -0.05) is 24.3 Å². The lowest BCUT2D eigenvalue weighted by molar-refractivity contribution is -0.106. The molecule has 3 aromatic rings. The number of thioether (sulfide) groups is 1. The molecule has 1 atom stereocenters. The summed E-state index contributed by atoms with van der Waals surface area (Å²) < 4.78 is 36.3. The van der Waals surface area contributed by atoms with Gasteiger partial charge in [0.1, 0.15) is 6.67 Å². The van der Waals surface area contributed by atoms with Crippen molar-refractivity contribution in [2.45, 2.75) is 28.8 Å². The number of aromatic hydroxyl groups is 1. The molecule has 7 rings (SSSR count). The molecule has 0 bridgehead atoms. The molecule has 4 aliphatic heterocycles. The molecule has 0 aliphatic carbocycles. The Balaban J connectivity index is 1.38. The Labute approximate surface area is 221 Å². The quantitative estimate of drug-likeness (QED) is 0.550. The first kappa shape index (κ1) is 23.7. The molecule has 4 aliphatic rings. The normalized spacial score (nSPS) is 21.7. The molecular formula is C27H24F2N4O4S. The summed E-state index contributed by atoms with van der Waals surface area (Å²) in [6.45, 7) is 2.77. The van der Waals surface area contributed by atoms with Gasteiger partial charge in [-0.2, -0.15) is 0 Å². The van der Waals surface area contributed by atoms with Crippen molar-refractivity contribution in [3.05, 3.63) is 92.9 Å². The van der Waals surface area contributed by atoms with E-state index in [4.69, 9.17) is 4.74 Å². The van der Waals surface area contributed by atoms with Crippen molar-refractivity contribution in [2.24, 2.45) is 0 Å². The smallest absolute Gasteiger partial charge is 0.278 e. The minimum atomic E-state index is -0.916. The molecule has 2 saturated heterocycles. The highest BCUT2D eigenvalue weighted by Gasteiger charge is 2.46. The number of halogens is 2. The van der Waals surface area contributed by atoms with E-state index in [1.807, 2.05) is 29.3 Å². The summed E-state index contributed by atoms with van der Waals surface area (Å²) in [6, 6.07) is 11.2. The Bertz CT molecular complexity index is 1520. The summed E-state index contributed by atoms with van der Waals surface area (Å²) >= 11 is 1.42. The zero-order valence-corrected chi connectivity index (χ0v) is 21.0. The fourth-order valence-corrected chi connectivity index (χ4v) is 6.86. The van der Waals surface area contributed by atoms with E-state index in [9.17, 15) is 19.1 Å². The van der Waals surface area contributed by atoms with Gasteiger partial charge in [0.05, 0.1) is 31.3 Å². The number of carbonyl (C=O) groups excluding carboxylic acids is 1. The molecule has 0 saturated carbocycles. The summed E-state index contributed by atoms with van der Waals surface area (Å²) in [5, 5.41) is 12.6. The van der Waals surface area contributed by atoms with Crippen LogP contribution in [0.4, 0.5) is 8.78 Å². The zero-order chi connectivity index (χ0) is 26.1. The van der Waals surface area contributed by atoms with Crippen LogP contribution in [-0.2, 0) is 10.5 Å². The average molecular weight is 539 g/mol. The number of carbonyl (C=O) groups is 1. The summed E-state index contributed by atoms with van der Waals surface area (Å²) in [6.07, 6.45) is 1.46. The molecule has 1 amide bonds. The van der Waals surface area contributed by atoms with Crippen molar-refractivity contribution >= 4 is 17.7 Å². The maximum absolute atomic E-state index is 15.2. The van der Waals surface area contributed by atoms with Gasteiger partial charge in [0.25, 0.3) is 5.91 Å². The molecule has 1 aromatic heterocycles. The molecule has 8 nitrogen and oxygen atoms in total. The first-order chi connectivity index (χ1) is 18.4. The van der Waals surface area contributed by atoms with Crippen LogP contribution < -0.4 is 10.4 Å². The number of hydrogen-bond donors (Lipinski definition) is 1. The molecule has 196 valence electrons. The third kappa shape index (κ3) is 3.49. The van der Waals surface area contributed by atoms with Crippen molar-refractivity contribution in [2.75, 3.05) is 38.0 Å². The molecule has 1 N–H and O–H groups in total. The number of benzene rings is 2. The molecular weight excluding hydrogens is 514 g/mol. The van der Waals surface area contributed by atoms with E-state index in [0.29, 0.717) is 37.9 Å². The van der Waals surface area contributed by atoms with E-state index < -0.39 is 34.8 Å². The van der Waals surface area contributed by atoms with Crippen LogP contribution in [0.25, 0.3) is 0 Å². The second kappa shape index (κ2) is 8.82. The van der Waals surface area contributed by atoms with Gasteiger partial charge in [-0.25, -0.2) is 8.78 Å². The predicted molar refractivity (Wildman–Crippen MR) is 136 cm³/mol. The van der Waals surface area contributed by atoms with Gasteiger partial charge >= 0.3 is 0 Å². The van der Waals surface area contributed by atoms with Crippen molar-refractivity contribution in [1.82, 2.24) is 14.5 Å². The number of ether oxygens (including phenoxy) is 1. The molecule has 38 heavy (non-hydrogen) atoms. The molecule has 2 fully saturated rings. The summed E-state index contributed by atoms with van der Waals surface area (Å²) in [4.78, 5) is 31.0. The fraction of sp³-hybridized carbons (Fsp3) is 0.333. The SMILES string of the molecule is O=C1c2c(O)c(=O)ccn2N([C@@H]2c3ccccc3SCc3c2ccc(F)c3F)CN1C1CN(C2COC2)C1. The Hall–Kier alpha value is -3.41. The minimum Gasteiger partial charge on any atom is -0.502 e. The lowest BCUT2D eigenvalue weighted by Gasteiger charge is -2.53. The van der Waals surface area contributed by atoms with Gasteiger partial charge < -0.3 is 14.7 Å². The van der Waals surface area contributed by atoms with Crippen LogP contribution in [0.5, 0.6) is 5.75 Å². The van der Waals surface area contributed by atoms with Gasteiger partial charge in [-0.05, 0) is 23.3 Å². The monoisotopic (exact) mass is 538 g/mol. The number of pyridine rings is 1.